The number of carbonyl (C=O) groups is 2. The largest absolute Gasteiger partial charge is 0.493 e. The highest BCUT2D eigenvalue weighted by atomic mass is 19.1. The molecule has 0 radical (unpaired) electrons. The molecular weight excluding hydrogens is 674 g/mol. The number of benzene rings is 5. The van der Waals surface area contributed by atoms with Crippen molar-refractivity contribution in [2.24, 2.45) is 0 Å². The summed E-state index contributed by atoms with van der Waals surface area (Å²) in [6.45, 7) is 7.48. The van der Waals surface area contributed by atoms with Gasteiger partial charge in [0.05, 0.1) is 26.4 Å². The van der Waals surface area contributed by atoms with Gasteiger partial charge < -0.3 is 18.9 Å². The van der Waals surface area contributed by atoms with Crippen LogP contribution in [0, 0.1) is 17.7 Å². The predicted molar refractivity (Wildman–Crippen MR) is 204 cm³/mol. The first kappa shape index (κ1) is 38.0. The molecule has 53 heavy (non-hydrogen) atoms. The Morgan fingerprint density at radius 3 is 1.87 bits per heavy atom. The second kappa shape index (κ2) is 19.4. The van der Waals surface area contributed by atoms with Crippen molar-refractivity contribution in [2.45, 2.75) is 32.1 Å². The number of carbonyl (C=O) groups excluding carboxylic acids is 2. The lowest BCUT2D eigenvalue weighted by atomic mass is 9.97. The van der Waals surface area contributed by atoms with E-state index in [0.29, 0.717) is 32.5 Å². The standard InChI is InChI=1S/C45H40F2O6/c1-3-44(48)52-28-8-27-50-41-22-12-33(13-23-41)9-10-34-11-14-39-30-38(20-19-37(39)29-34)35-15-17-36(18-16-35)40-21-24-43(42(47)31-40)51-25-6-4-5-7-26-53-45(49)32(2)46/h3,11-24,29-31H,1-2,4-8,25-28H2. The van der Waals surface area contributed by atoms with E-state index in [-0.39, 0.29) is 19.0 Å². The molecular formula is C45H40F2O6. The van der Waals surface area contributed by atoms with Crippen molar-refractivity contribution in [1.82, 2.24) is 0 Å². The lowest BCUT2D eigenvalue weighted by molar-refractivity contribution is -0.141. The molecule has 0 aromatic heterocycles. The topological polar surface area (TPSA) is 71.1 Å². The Bertz CT molecular complexity index is 2110. The van der Waals surface area contributed by atoms with Crippen molar-refractivity contribution < 1.29 is 37.3 Å². The molecule has 0 N–H and O–H groups in total. The monoisotopic (exact) mass is 714 g/mol. The van der Waals surface area contributed by atoms with Gasteiger partial charge in [-0.2, -0.15) is 4.39 Å². The van der Waals surface area contributed by atoms with E-state index in [4.69, 9.17) is 18.9 Å². The molecule has 0 saturated heterocycles. The predicted octanol–water partition coefficient (Wildman–Crippen LogP) is 10.2. The minimum atomic E-state index is -1.10. The van der Waals surface area contributed by atoms with Crippen LogP contribution in [0.5, 0.6) is 11.5 Å². The van der Waals surface area contributed by atoms with Crippen molar-refractivity contribution in [2.75, 3.05) is 26.4 Å². The van der Waals surface area contributed by atoms with Crippen LogP contribution < -0.4 is 9.47 Å². The molecule has 0 aliphatic heterocycles. The Morgan fingerprint density at radius 2 is 1.17 bits per heavy atom. The van der Waals surface area contributed by atoms with Crippen LogP contribution in [0.3, 0.4) is 0 Å². The van der Waals surface area contributed by atoms with Crippen LogP contribution in [0.4, 0.5) is 8.78 Å². The van der Waals surface area contributed by atoms with E-state index >= 15 is 0 Å². The highest BCUT2D eigenvalue weighted by molar-refractivity contribution is 5.89. The van der Waals surface area contributed by atoms with E-state index < -0.39 is 23.6 Å². The van der Waals surface area contributed by atoms with Crippen LogP contribution in [0.15, 0.2) is 128 Å². The second-order valence-electron chi connectivity index (χ2n) is 12.2. The van der Waals surface area contributed by atoms with Crippen LogP contribution >= 0.6 is 0 Å². The molecule has 5 rings (SSSR count). The van der Waals surface area contributed by atoms with Crippen LogP contribution in [0.25, 0.3) is 33.0 Å². The minimum absolute atomic E-state index is 0.137. The smallest absolute Gasteiger partial charge is 0.366 e. The van der Waals surface area contributed by atoms with Gasteiger partial charge >= 0.3 is 11.9 Å². The fourth-order valence-electron chi connectivity index (χ4n) is 5.40. The van der Waals surface area contributed by atoms with Crippen molar-refractivity contribution in [3.8, 4) is 45.6 Å². The van der Waals surface area contributed by atoms with Gasteiger partial charge in [0, 0.05) is 23.6 Å². The zero-order valence-electron chi connectivity index (χ0n) is 29.4. The molecule has 0 bridgehead atoms. The zero-order chi connectivity index (χ0) is 37.4. The zero-order valence-corrected chi connectivity index (χ0v) is 29.4. The van der Waals surface area contributed by atoms with Crippen LogP contribution in [-0.2, 0) is 19.1 Å². The van der Waals surface area contributed by atoms with Crippen molar-refractivity contribution in [1.29, 1.82) is 0 Å². The lowest BCUT2D eigenvalue weighted by Crippen LogP contribution is -2.06. The molecule has 0 aliphatic rings. The van der Waals surface area contributed by atoms with E-state index in [1.54, 1.807) is 6.07 Å². The summed E-state index contributed by atoms with van der Waals surface area (Å²) in [5.74, 6) is 4.39. The number of ether oxygens (including phenoxy) is 4. The maximum atomic E-state index is 14.9. The van der Waals surface area contributed by atoms with Gasteiger partial charge in [-0.25, -0.2) is 14.0 Å². The SMILES string of the molecule is C=CC(=O)OCCCOc1ccc(C#Cc2ccc3cc(-c4ccc(-c5ccc(OCCCCCCOC(=O)C(=C)F)c(F)c5)cc4)ccc3c2)cc1. The Labute approximate surface area is 308 Å². The molecule has 0 aliphatic carbocycles. The number of hydrogen-bond donors (Lipinski definition) is 0. The van der Waals surface area contributed by atoms with E-state index in [0.717, 1.165) is 68.8 Å². The maximum Gasteiger partial charge on any atom is 0.366 e. The summed E-state index contributed by atoms with van der Waals surface area (Å²) in [7, 11) is 0. The van der Waals surface area contributed by atoms with Gasteiger partial charge in [0.15, 0.2) is 11.6 Å². The minimum Gasteiger partial charge on any atom is -0.493 e. The van der Waals surface area contributed by atoms with Crippen LogP contribution in [0.1, 0.15) is 43.2 Å². The maximum absolute atomic E-state index is 14.9. The number of fused-ring (bicyclic) bond motifs is 1. The summed E-state index contributed by atoms with van der Waals surface area (Å²) in [6.07, 6.45) is 4.63. The third-order valence-electron chi connectivity index (χ3n) is 8.25. The first-order chi connectivity index (χ1) is 25.8. The first-order valence-corrected chi connectivity index (χ1v) is 17.4. The van der Waals surface area contributed by atoms with Gasteiger partial charge in [-0.1, -0.05) is 73.5 Å². The summed E-state index contributed by atoms with van der Waals surface area (Å²) in [4.78, 5) is 22.1. The van der Waals surface area contributed by atoms with Gasteiger partial charge in [0.1, 0.15) is 5.75 Å². The van der Waals surface area contributed by atoms with E-state index in [1.165, 1.54) is 6.07 Å². The number of halogens is 2. The third kappa shape index (κ3) is 11.7. The number of rotatable bonds is 17. The second-order valence-corrected chi connectivity index (χ2v) is 12.2. The lowest BCUT2D eigenvalue weighted by Gasteiger charge is -2.10. The number of hydrogen-bond acceptors (Lipinski definition) is 6. The van der Waals surface area contributed by atoms with Gasteiger partial charge in [-0.15, -0.1) is 0 Å². The highest BCUT2D eigenvalue weighted by Gasteiger charge is 2.09. The normalized spacial score (nSPS) is 10.5. The molecule has 0 saturated carbocycles. The molecule has 0 spiro atoms. The van der Waals surface area contributed by atoms with Gasteiger partial charge in [-0.3, -0.25) is 0 Å². The fraction of sp³-hybridized carbons (Fsp3) is 0.200. The molecule has 0 amide bonds. The van der Waals surface area contributed by atoms with Crippen molar-refractivity contribution >= 4 is 22.7 Å². The third-order valence-corrected chi connectivity index (χ3v) is 8.25. The van der Waals surface area contributed by atoms with Crippen LogP contribution in [-0.4, -0.2) is 38.4 Å². The fourth-order valence-corrected chi connectivity index (χ4v) is 5.40. The molecule has 5 aromatic carbocycles. The highest BCUT2D eigenvalue weighted by Crippen LogP contribution is 2.30. The Balaban J connectivity index is 1.10. The average molecular weight is 715 g/mol. The molecule has 0 atom stereocenters. The summed E-state index contributed by atoms with van der Waals surface area (Å²) in [5, 5.41) is 2.18. The summed E-state index contributed by atoms with van der Waals surface area (Å²) in [5.41, 5.74) is 5.55. The summed E-state index contributed by atoms with van der Waals surface area (Å²) in [6, 6.07) is 33.0. The van der Waals surface area contributed by atoms with E-state index in [2.05, 4.69) is 55.3 Å². The number of esters is 2. The van der Waals surface area contributed by atoms with Gasteiger partial charge in [0.2, 0.25) is 5.83 Å². The molecule has 270 valence electrons. The van der Waals surface area contributed by atoms with Crippen molar-refractivity contribution in [3.63, 3.8) is 0 Å². The molecule has 5 aromatic rings. The summed E-state index contributed by atoms with van der Waals surface area (Å²) < 4.78 is 48.5. The molecule has 0 fully saturated rings. The molecule has 0 unspecified atom stereocenters. The molecule has 6 nitrogen and oxygen atoms in total. The Kier molecular flexibility index (Phi) is 13.9. The van der Waals surface area contributed by atoms with Crippen molar-refractivity contribution in [3.05, 3.63) is 145 Å². The molecule has 8 heteroatoms. The Morgan fingerprint density at radius 1 is 0.604 bits per heavy atom. The molecule has 0 heterocycles. The summed E-state index contributed by atoms with van der Waals surface area (Å²) >= 11 is 0. The Hall–Kier alpha value is -6.20. The van der Waals surface area contributed by atoms with Gasteiger partial charge in [-0.05, 0) is 113 Å². The quantitative estimate of drug-likeness (QED) is 0.0413. The van der Waals surface area contributed by atoms with Gasteiger partial charge in [0.25, 0.3) is 0 Å². The first-order valence-electron chi connectivity index (χ1n) is 17.4. The van der Waals surface area contributed by atoms with E-state index in [9.17, 15) is 18.4 Å². The van der Waals surface area contributed by atoms with Crippen LogP contribution in [0.2, 0.25) is 0 Å². The van der Waals surface area contributed by atoms with E-state index in [1.807, 2.05) is 60.7 Å². The average Bonchev–Trinajstić information content (AvgIpc) is 3.18. The number of unbranched alkanes of at least 4 members (excludes halogenated alkanes) is 3.